The van der Waals surface area contributed by atoms with Crippen LogP contribution in [0.25, 0.3) is 0 Å². The molecule has 4 heteroatoms. The molecule has 0 aromatic rings. The second kappa shape index (κ2) is 11.6. The van der Waals surface area contributed by atoms with Crippen LogP contribution in [0.3, 0.4) is 0 Å². The van der Waals surface area contributed by atoms with Gasteiger partial charge in [0.15, 0.2) is 0 Å². The summed E-state index contributed by atoms with van der Waals surface area (Å²) in [5, 5.41) is 0. The summed E-state index contributed by atoms with van der Waals surface area (Å²) < 4.78 is 10.9. The minimum atomic E-state index is 0. The molecule has 1 aliphatic heterocycles. The van der Waals surface area contributed by atoms with Gasteiger partial charge < -0.3 is 26.8 Å². The molecule has 3 nitrogen and oxygen atoms in total. The Kier molecular flexibility index (Phi) is 11.8. The summed E-state index contributed by atoms with van der Waals surface area (Å²) in [5.41, 5.74) is 0. The van der Waals surface area contributed by atoms with Crippen molar-refractivity contribution in [2.24, 2.45) is 0 Å². The minimum absolute atomic E-state index is 0. The minimum Gasteiger partial charge on any atom is -1.00 e. The van der Waals surface area contributed by atoms with E-state index in [2.05, 4.69) is 6.92 Å². The van der Waals surface area contributed by atoms with E-state index in [1.54, 1.807) is 4.90 Å². The molecule has 1 rings (SSSR count). The van der Waals surface area contributed by atoms with Crippen LogP contribution in [-0.2, 0) is 9.47 Å². The molecule has 0 atom stereocenters. The maximum atomic E-state index is 5.62. The lowest BCUT2D eigenvalue weighted by Gasteiger charge is -2.23. The number of rotatable bonds is 8. The van der Waals surface area contributed by atoms with Crippen molar-refractivity contribution >= 4 is 0 Å². The molecular formula is C12H26ClNO2. The Hall–Kier alpha value is 0.170. The number of unbranched alkanes of at least 4 members (excludes halogenated alkanes) is 3. The number of halogens is 1. The molecule has 1 saturated heterocycles. The molecule has 1 aliphatic rings. The van der Waals surface area contributed by atoms with Crippen molar-refractivity contribution in [1.82, 2.24) is 0 Å². The fourth-order valence-corrected chi connectivity index (χ4v) is 1.86. The third-order valence-corrected chi connectivity index (χ3v) is 2.94. The van der Waals surface area contributed by atoms with Crippen molar-refractivity contribution < 1.29 is 26.8 Å². The van der Waals surface area contributed by atoms with Gasteiger partial charge in [0.25, 0.3) is 0 Å². The molecule has 0 aromatic heterocycles. The first-order valence-electron chi connectivity index (χ1n) is 6.42. The van der Waals surface area contributed by atoms with Crippen LogP contribution < -0.4 is 17.3 Å². The smallest absolute Gasteiger partial charge is 0.101 e. The summed E-state index contributed by atoms with van der Waals surface area (Å²) >= 11 is 0. The van der Waals surface area contributed by atoms with Gasteiger partial charge in [-0.05, 0) is 6.42 Å². The van der Waals surface area contributed by atoms with Gasteiger partial charge in [0.1, 0.15) is 19.6 Å². The maximum absolute atomic E-state index is 5.62. The normalized spacial score (nSPS) is 17.1. The number of morpholine rings is 1. The predicted octanol–water partition coefficient (Wildman–Crippen LogP) is -2.50. The average Bonchev–Trinajstić information content (AvgIpc) is 2.29. The van der Waals surface area contributed by atoms with Crippen molar-refractivity contribution in [3.8, 4) is 0 Å². The Bertz CT molecular complexity index is 141. The number of nitrogens with one attached hydrogen (secondary N) is 1. The fraction of sp³-hybridized carbons (Fsp3) is 1.00. The first kappa shape index (κ1) is 16.2. The van der Waals surface area contributed by atoms with Crippen LogP contribution in [0.1, 0.15) is 32.6 Å². The summed E-state index contributed by atoms with van der Waals surface area (Å²) in [7, 11) is 0. The third kappa shape index (κ3) is 8.34. The Morgan fingerprint density at radius 3 is 2.50 bits per heavy atom. The van der Waals surface area contributed by atoms with E-state index < -0.39 is 0 Å². The van der Waals surface area contributed by atoms with Gasteiger partial charge in [0, 0.05) is 6.61 Å². The van der Waals surface area contributed by atoms with E-state index in [9.17, 15) is 0 Å². The van der Waals surface area contributed by atoms with Crippen molar-refractivity contribution in [1.29, 1.82) is 0 Å². The van der Waals surface area contributed by atoms with Gasteiger partial charge in [-0.3, -0.25) is 0 Å². The standard InChI is InChI=1S/C12H25NO2.ClH/c1-2-3-4-5-9-14-10-6-13-7-11-15-12-8-13;/h2-12H2,1H3;1H. The van der Waals surface area contributed by atoms with Crippen molar-refractivity contribution in [2.45, 2.75) is 32.6 Å². The fourth-order valence-electron chi connectivity index (χ4n) is 1.86. The van der Waals surface area contributed by atoms with Crippen LogP contribution in [-0.4, -0.2) is 46.1 Å². The van der Waals surface area contributed by atoms with Gasteiger partial charge in [0.2, 0.25) is 0 Å². The predicted molar refractivity (Wildman–Crippen MR) is 61.3 cm³/mol. The van der Waals surface area contributed by atoms with Gasteiger partial charge in [0.05, 0.1) is 19.8 Å². The maximum Gasteiger partial charge on any atom is 0.101 e. The number of hydrogen-bond acceptors (Lipinski definition) is 2. The molecule has 0 spiro atoms. The molecule has 98 valence electrons. The quantitative estimate of drug-likeness (QED) is 0.482. The zero-order chi connectivity index (χ0) is 10.8. The third-order valence-electron chi connectivity index (χ3n) is 2.94. The zero-order valence-corrected chi connectivity index (χ0v) is 11.2. The topological polar surface area (TPSA) is 22.9 Å². The Labute approximate surface area is 106 Å². The molecule has 1 heterocycles. The van der Waals surface area contributed by atoms with Crippen LogP contribution in [0, 0.1) is 0 Å². The van der Waals surface area contributed by atoms with Crippen LogP contribution in [0.4, 0.5) is 0 Å². The van der Waals surface area contributed by atoms with Gasteiger partial charge in [-0.25, -0.2) is 0 Å². The van der Waals surface area contributed by atoms with Gasteiger partial charge in [-0.15, -0.1) is 0 Å². The molecule has 0 amide bonds. The molecule has 0 radical (unpaired) electrons. The molecular weight excluding hydrogens is 226 g/mol. The highest BCUT2D eigenvalue weighted by Gasteiger charge is 2.12. The highest BCUT2D eigenvalue weighted by Crippen LogP contribution is 1.98. The van der Waals surface area contributed by atoms with Crippen molar-refractivity contribution in [2.75, 3.05) is 46.1 Å². The van der Waals surface area contributed by atoms with E-state index in [0.29, 0.717) is 0 Å². The number of ether oxygens (including phenoxy) is 2. The highest BCUT2D eigenvalue weighted by atomic mass is 35.5. The first-order valence-corrected chi connectivity index (χ1v) is 6.42. The Morgan fingerprint density at radius 1 is 1.06 bits per heavy atom. The second-order valence-electron chi connectivity index (χ2n) is 4.29. The first-order chi connectivity index (χ1) is 7.43. The van der Waals surface area contributed by atoms with Gasteiger partial charge in [-0.1, -0.05) is 26.2 Å². The highest BCUT2D eigenvalue weighted by molar-refractivity contribution is 4.41. The Balaban J connectivity index is 0.00000225. The SMILES string of the molecule is CCCCCCOCC[NH+]1CCOCC1.[Cl-]. The van der Waals surface area contributed by atoms with Crippen molar-refractivity contribution in [3.63, 3.8) is 0 Å². The zero-order valence-electron chi connectivity index (χ0n) is 10.5. The van der Waals surface area contributed by atoms with E-state index in [1.807, 2.05) is 0 Å². The molecule has 0 saturated carbocycles. The molecule has 0 unspecified atom stereocenters. The molecule has 0 bridgehead atoms. The lowest BCUT2D eigenvalue weighted by atomic mass is 10.2. The average molecular weight is 252 g/mol. The lowest BCUT2D eigenvalue weighted by molar-refractivity contribution is -0.908. The van der Waals surface area contributed by atoms with E-state index in [0.717, 1.165) is 46.1 Å². The van der Waals surface area contributed by atoms with E-state index in [-0.39, 0.29) is 12.4 Å². The van der Waals surface area contributed by atoms with E-state index in [4.69, 9.17) is 9.47 Å². The number of hydrogen-bond donors (Lipinski definition) is 1. The summed E-state index contributed by atoms with van der Waals surface area (Å²) in [6.45, 7) is 9.40. The summed E-state index contributed by atoms with van der Waals surface area (Å²) in [6.07, 6.45) is 5.20. The summed E-state index contributed by atoms with van der Waals surface area (Å²) in [4.78, 5) is 1.63. The molecule has 0 aliphatic carbocycles. The number of quaternary nitrogens is 1. The largest absolute Gasteiger partial charge is 1.00 e. The van der Waals surface area contributed by atoms with E-state index in [1.165, 1.54) is 25.7 Å². The van der Waals surface area contributed by atoms with Crippen LogP contribution >= 0.6 is 0 Å². The molecule has 16 heavy (non-hydrogen) atoms. The molecule has 1 fully saturated rings. The van der Waals surface area contributed by atoms with Crippen LogP contribution in [0.15, 0.2) is 0 Å². The van der Waals surface area contributed by atoms with Gasteiger partial charge in [-0.2, -0.15) is 0 Å². The second-order valence-corrected chi connectivity index (χ2v) is 4.29. The van der Waals surface area contributed by atoms with Gasteiger partial charge >= 0.3 is 0 Å². The lowest BCUT2D eigenvalue weighted by Crippen LogP contribution is -3.14. The monoisotopic (exact) mass is 251 g/mol. The molecule has 0 aromatic carbocycles. The summed E-state index contributed by atoms with van der Waals surface area (Å²) in [6, 6.07) is 0. The van der Waals surface area contributed by atoms with Crippen LogP contribution in [0.2, 0.25) is 0 Å². The Morgan fingerprint density at radius 2 is 1.81 bits per heavy atom. The van der Waals surface area contributed by atoms with Crippen molar-refractivity contribution in [3.05, 3.63) is 0 Å². The molecule has 1 N–H and O–H groups in total. The van der Waals surface area contributed by atoms with E-state index >= 15 is 0 Å². The summed E-state index contributed by atoms with van der Waals surface area (Å²) in [5.74, 6) is 0. The van der Waals surface area contributed by atoms with Crippen LogP contribution in [0.5, 0.6) is 0 Å².